The van der Waals surface area contributed by atoms with E-state index in [2.05, 4.69) is 22.8 Å². The highest BCUT2D eigenvalue weighted by Gasteiger charge is 2.39. The molecule has 0 aromatic rings. The van der Waals surface area contributed by atoms with Gasteiger partial charge in [0.05, 0.1) is 25.2 Å². The number of amides is 1. The largest absolute Gasteiger partial charge is 0.340 e. The fraction of sp³-hybridized carbons (Fsp3) is 0.882. The number of likely N-dealkylation sites (tertiary alicyclic amines) is 1. The maximum atomic E-state index is 12.1. The van der Waals surface area contributed by atoms with Gasteiger partial charge in [0, 0.05) is 25.4 Å². The van der Waals surface area contributed by atoms with Gasteiger partial charge in [-0.3, -0.25) is 14.6 Å². The lowest BCUT2D eigenvalue weighted by molar-refractivity contribution is -0.130. The van der Waals surface area contributed by atoms with Crippen LogP contribution in [0.4, 0.5) is 0 Å². The van der Waals surface area contributed by atoms with E-state index < -0.39 is 8.38 Å². The molecular formula is C17H33N4O3P. The molecule has 3 atom stereocenters. The summed E-state index contributed by atoms with van der Waals surface area (Å²) in [6.45, 7) is 5.77. The van der Waals surface area contributed by atoms with Crippen molar-refractivity contribution in [2.75, 3.05) is 47.9 Å². The highest BCUT2D eigenvalue weighted by Crippen LogP contribution is 2.48. The average molecular weight is 372 g/mol. The Bertz CT molecular complexity index is 448. The highest BCUT2D eigenvalue weighted by molar-refractivity contribution is 7.47. The molecule has 1 rings (SSSR count). The van der Waals surface area contributed by atoms with Gasteiger partial charge >= 0.3 is 0 Å². The van der Waals surface area contributed by atoms with E-state index in [4.69, 9.17) is 14.3 Å². The maximum absolute atomic E-state index is 12.1. The van der Waals surface area contributed by atoms with Crippen LogP contribution >= 0.6 is 8.38 Å². The van der Waals surface area contributed by atoms with Gasteiger partial charge in [-0.05, 0) is 34.6 Å². The third-order valence-corrected chi connectivity index (χ3v) is 6.56. The Labute approximate surface area is 153 Å². The smallest absolute Gasteiger partial charge is 0.222 e. The first-order valence-corrected chi connectivity index (χ1v) is 10.2. The van der Waals surface area contributed by atoms with Crippen LogP contribution < -0.4 is 0 Å². The van der Waals surface area contributed by atoms with Gasteiger partial charge in [-0.15, -0.1) is 0 Å². The number of hydrogen-bond donors (Lipinski definition) is 0. The molecule has 0 spiro atoms. The first-order chi connectivity index (χ1) is 11.8. The summed E-state index contributed by atoms with van der Waals surface area (Å²) in [5.74, 6) is 0.489. The quantitative estimate of drug-likeness (QED) is 0.333. The van der Waals surface area contributed by atoms with Gasteiger partial charge in [0.15, 0.2) is 0 Å². The van der Waals surface area contributed by atoms with Crippen molar-refractivity contribution < 1.29 is 13.8 Å². The summed E-state index contributed by atoms with van der Waals surface area (Å²) in [5.41, 5.74) is 0. The number of carbonyl (C=O) groups excluding carboxylic acids is 1. The zero-order valence-corrected chi connectivity index (χ0v) is 17.3. The normalized spacial score (nSPS) is 22.0. The first kappa shape index (κ1) is 22.3. The summed E-state index contributed by atoms with van der Waals surface area (Å²) in [6, 6.07) is 2.11. The van der Waals surface area contributed by atoms with Gasteiger partial charge < -0.3 is 13.9 Å². The Morgan fingerprint density at radius 2 is 1.92 bits per heavy atom. The molecule has 0 aromatic heterocycles. The second-order valence-corrected chi connectivity index (χ2v) is 8.27. The highest BCUT2D eigenvalue weighted by atomic mass is 31.2. The number of carbonyl (C=O) groups is 1. The van der Waals surface area contributed by atoms with E-state index in [0.29, 0.717) is 31.9 Å². The van der Waals surface area contributed by atoms with Crippen LogP contribution in [-0.2, 0) is 13.8 Å². The molecule has 7 nitrogen and oxygen atoms in total. The lowest BCUT2D eigenvalue weighted by atomic mass is 10.0. The first-order valence-electron chi connectivity index (χ1n) is 8.92. The summed E-state index contributed by atoms with van der Waals surface area (Å²) in [7, 11) is 6.75. The van der Waals surface area contributed by atoms with Crippen LogP contribution in [0.5, 0.6) is 0 Å². The Morgan fingerprint density at radius 3 is 2.40 bits per heavy atom. The van der Waals surface area contributed by atoms with Crippen molar-refractivity contribution in [3.8, 4) is 6.07 Å². The average Bonchev–Trinajstić information content (AvgIpc) is 2.96. The molecule has 1 amide bonds. The molecule has 0 bridgehead atoms. The van der Waals surface area contributed by atoms with Gasteiger partial charge in [-0.1, -0.05) is 13.8 Å². The summed E-state index contributed by atoms with van der Waals surface area (Å²) in [4.78, 5) is 18.1. The van der Waals surface area contributed by atoms with Crippen LogP contribution in [0.15, 0.2) is 0 Å². The lowest BCUT2D eigenvalue weighted by Crippen LogP contribution is -2.41. The van der Waals surface area contributed by atoms with Crippen LogP contribution in [0.2, 0.25) is 0 Å². The molecule has 1 aliphatic heterocycles. The minimum atomic E-state index is -1.24. The van der Waals surface area contributed by atoms with E-state index in [1.165, 1.54) is 0 Å². The molecule has 0 N–H and O–H groups in total. The SMILES string of the molecule is CCC(=O)N1C[C@@H](CC)[C@@H](OP(OCCC#N)C(N(C)C)N(C)C)C1. The molecule has 0 radical (unpaired) electrons. The van der Waals surface area contributed by atoms with Crippen molar-refractivity contribution in [3.63, 3.8) is 0 Å². The molecule has 0 saturated carbocycles. The predicted molar refractivity (Wildman–Crippen MR) is 99.8 cm³/mol. The van der Waals surface area contributed by atoms with Crippen molar-refractivity contribution in [2.45, 2.75) is 45.1 Å². The van der Waals surface area contributed by atoms with Crippen molar-refractivity contribution in [3.05, 3.63) is 0 Å². The van der Waals surface area contributed by atoms with Crippen molar-refractivity contribution in [1.29, 1.82) is 5.26 Å². The van der Waals surface area contributed by atoms with Crippen LogP contribution in [0.25, 0.3) is 0 Å². The van der Waals surface area contributed by atoms with E-state index in [1.807, 2.05) is 40.0 Å². The molecule has 144 valence electrons. The molecule has 1 aliphatic rings. The summed E-state index contributed by atoms with van der Waals surface area (Å²) < 4.78 is 12.4. The minimum absolute atomic E-state index is 0.0119. The topological polar surface area (TPSA) is 69.0 Å². The Hall–Kier alpha value is -0.770. The monoisotopic (exact) mass is 372 g/mol. The summed E-state index contributed by atoms with van der Waals surface area (Å²) >= 11 is 0. The van der Waals surface area contributed by atoms with E-state index >= 15 is 0 Å². The third kappa shape index (κ3) is 6.47. The zero-order valence-electron chi connectivity index (χ0n) is 16.4. The number of rotatable bonds is 10. The molecule has 0 aliphatic carbocycles. The molecule has 8 heteroatoms. The molecule has 0 aromatic carbocycles. The van der Waals surface area contributed by atoms with E-state index in [1.54, 1.807) is 0 Å². The van der Waals surface area contributed by atoms with Crippen molar-refractivity contribution in [1.82, 2.24) is 14.7 Å². The fourth-order valence-electron chi connectivity index (χ4n) is 3.09. The van der Waals surface area contributed by atoms with Gasteiger partial charge in [0.1, 0.15) is 5.91 Å². The van der Waals surface area contributed by atoms with E-state index in [9.17, 15) is 4.79 Å². The summed E-state index contributed by atoms with van der Waals surface area (Å²) in [5, 5.41) is 8.79. The van der Waals surface area contributed by atoms with Crippen LogP contribution in [0.3, 0.4) is 0 Å². The van der Waals surface area contributed by atoms with Gasteiger partial charge in [0.25, 0.3) is 0 Å². The zero-order chi connectivity index (χ0) is 19.0. The standard InChI is InChI=1S/C17H33N4O3P/c1-7-14-12-21(16(22)8-2)13-15(14)24-25(23-11-9-10-18)17(19(3)4)20(5)6/h14-15,17H,7-9,11-13H2,1-6H3/t14-,15+,25?/m1/s1. The number of nitriles is 1. The van der Waals surface area contributed by atoms with Crippen molar-refractivity contribution >= 4 is 14.3 Å². The molecule has 1 heterocycles. The molecular weight excluding hydrogens is 339 g/mol. The van der Waals surface area contributed by atoms with Crippen LogP contribution in [0, 0.1) is 17.2 Å². The molecule has 1 saturated heterocycles. The number of nitrogens with zero attached hydrogens (tertiary/aromatic N) is 4. The molecule has 25 heavy (non-hydrogen) atoms. The molecule has 1 unspecified atom stereocenters. The van der Waals surface area contributed by atoms with Gasteiger partial charge in [-0.2, -0.15) is 5.26 Å². The Morgan fingerprint density at radius 1 is 1.28 bits per heavy atom. The minimum Gasteiger partial charge on any atom is -0.340 e. The predicted octanol–water partition coefficient (Wildman–Crippen LogP) is 2.30. The Kier molecular flexibility index (Phi) is 9.84. The van der Waals surface area contributed by atoms with E-state index in [0.717, 1.165) is 13.0 Å². The second-order valence-electron chi connectivity index (χ2n) is 6.76. The molecule has 1 fully saturated rings. The van der Waals surface area contributed by atoms with Gasteiger partial charge in [0.2, 0.25) is 14.3 Å². The Balaban J connectivity index is 2.87. The van der Waals surface area contributed by atoms with Crippen LogP contribution in [0.1, 0.15) is 33.1 Å². The lowest BCUT2D eigenvalue weighted by Gasteiger charge is -2.37. The fourth-order valence-corrected chi connectivity index (χ4v) is 4.92. The number of hydrogen-bond acceptors (Lipinski definition) is 6. The van der Waals surface area contributed by atoms with E-state index in [-0.39, 0.29) is 17.9 Å². The summed E-state index contributed by atoms with van der Waals surface area (Å²) in [6.07, 6.45) is 1.82. The van der Waals surface area contributed by atoms with Crippen LogP contribution in [-0.4, -0.2) is 80.5 Å². The van der Waals surface area contributed by atoms with Crippen molar-refractivity contribution in [2.24, 2.45) is 5.92 Å². The second kappa shape index (κ2) is 11.1. The third-order valence-electron chi connectivity index (χ3n) is 4.34. The van der Waals surface area contributed by atoms with Gasteiger partial charge in [-0.25, -0.2) is 0 Å². The maximum Gasteiger partial charge on any atom is 0.222 e.